The van der Waals surface area contributed by atoms with Crippen LogP contribution in [0.3, 0.4) is 0 Å². The number of amidine groups is 1. The van der Waals surface area contributed by atoms with E-state index in [1.165, 1.54) is 12.8 Å². The maximum atomic E-state index is 12.2. The lowest BCUT2D eigenvalue weighted by Crippen LogP contribution is -2.50. The van der Waals surface area contributed by atoms with Crippen LogP contribution in [-0.2, 0) is 4.79 Å². The molecule has 0 aromatic heterocycles. The maximum absolute atomic E-state index is 12.2. The van der Waals surface area contributed by atoms with Crippen LogP contribution in [0.15, 0.2) is 29.4 Å². The van der Waals surface area contributed by atoms with Gasteiger partial charge in [0.05, 0.1) is 0 Å². The predicted octanol–water partition coefficient (Wildman–Crippen LogP) is 1.66. The third kappa shape index (κ3) is 6.29. The number of rotatable bonds is 1. The molecular weight excluding hydrogens is 330 g/mol. The van der Waals surface area contributed by atoms with Crippen molar-refractivity contribution in [1.29, 1.82) is 0 Å². The third-order valence-corrected chi connectivity index (χ3v) is 4.79. The molecule has 3 aliphatic heterocycles. The Morgan fingerprint density at radius 3 is 2.65 bits per heavy atom. The van der Waals surface area contributed by atoms with Gasteiger partial charge >= 0.3 is 6.03 Å². The Morgan fingerprint density at radius 1 is 1.27 bits per heavy atom. The molecule has 7 heteroatoms. The first-order chi connectivity index (χ1) is 12.6. The molecule has 2 fully saturated rings. The monoisotopic (exact) mass is 361 g/mol. The average molecular weight is 361 g/mol. The van der Waals surface area contributed by atoms with Gasteiger partial charge in [0.1, 0.15) is 12.1 Å². The van der Waals surface area contributed by atoms with Crippen LogP contribution in [0.1, 0.15) is 39.0 Å². The van der Waals surface area contributed by atoms with Gasteiger partial charge in [0.25, 0.3) is 0 Å². The molecule has 7 nitrogen and oxygen atoms in total. The first-order valence-corrected chi connectivity index (χ1v) is 9.48. The van der Waals surface area contributed by atoms with Crippen molar-refractivity contribution in [3.63, 3.8) is 0 Å². The highest BCUT2D eigenvalue weighted by molar-refractivity contribution is 5.83. The molecule has 3 rings (SSSR count). The molecule has 0 aromatic rings. The van der Waals surface area contributed by atoms with Gasteiger partial charge in [-0.1, -0.05) is 12.2 Å². The summed E-state index contributed by atoms with van der Waals surface area (Å²) in [5.74, 6) is 1.17. The fraction of sp³-hybridized carbons (Fsp3) is 0.632. The second-order valence-electron chi connectivity index (χ2n) is 6.79. The third-order valence-electron chi connectivity index (χ3n) is 4.79. The zero-order chi connectivity index (χ0) is 18.8. The number of likely N-dealkylation sites (tertiary alicyclic amines) is 2. The molecule has 0 aliphatic carbocycles. The molecule has 0 radical (unpaired) electrons. The highest BCUT2D eigenvalue weighted by atomic mass is 16.2. The molecule has 1 atom stereocenters. The Morgan fingerprint density at radius 2 is 2.00 bits per heavy atom. The standard InChI is InChI=1S/C17H27N5O.C2H4O/c18-14-6-10-22(13-14)17(23)20-15-7-11-21(12-8-15)16-5-3-1-2-4-9-19-16;1-2-3/h1-2,4,9,14-15H,3,5-8,10-13,18H2,(H,20,23);2H,1H3/b2-1-,9-4-,19-16?;. The summed E-state index contributed by atoms with van der Waals surface area (Å²) in [5.41, 5.74) is 5.87. The van der Waals surface area contributed by atoms with Crippen LogP contribution >= 0.6 is 0 Å². The highest BCUT2D eigenvalue weighted by Gasteiger charge is 2.27. The average Bonchev–Trinajstić information content (AvgIpc) is 3.03. The van der Waals surface area contributed by atoms with E-state index in [4.69, 9.17) is 10.5 Å². The van der Waals surface area contributed by atoms with Crippen molar-refractivity contribution in [2.75, 3.05) is 26.2 Å². The van der Waals surface area contributed by atoms with Crippen LogP contribution < -0.4 is 11.1 Å². The molecule has 144 valence electrons. The number of nitrogens with zero attached hydrogens (tertiary/aromatic N) is 3. The number of nitrogens with two attached hydrogens (primary N) is 1. The summed E-state index contributed by atoms with van der Waals surface area (Å²) in [7, 11) is 0. The van der Waals surface area contributed by atoms with Gasteiger partial charge in [-0.25, -0.2) is 9.79 Å². The predicted molar refractivity (Wildman–Crippen MR) is 104 cm³/mol. The molecule has 0 spiro atoms. The van der Waals surface area contributed by atoms with Crippen molar-refractivity contribution in [3.05, 3.63) is 24.4 Å². The fourth-order valence-electron chi connectivity index (χ4n) is 3.39. The number of aldehydes is 1. The number of urea groups is 1. The Balaban J connectivity index is 0.000000758. The van der Waals surface area contributed by atoms with Gasteiger partial charge in [-0.15, -0.1) is 0 Å². The first kappa shape index (κ1) is 20.2. The van der Waals surface area contributed by atoms with E-state index in [0.717, 1.165) is 58.0 Å². The lowest BCUT2D eigenvalue weighted by Gasteiger charge is -2.35. The number of allylic oxidation sites excluding steroid dienone is 3. The molecule has 0 saturated carbocycles. The number of piperidine rings is 1. The number of carbonyl (C=O) groups is 2. The van der Waals surface area contributed by atoms with Gasteiger partial charge in [0, 0.05) is 50.9 Å². The first-order valence-electron chi connectivity index (χ1n) is 9.48. The van der Waals surface area contributed by atoms with Gasteiger partial charge in [-0.3, -0.25) is 0 Å². The Kier molecular flexibility index (Phi) is 8.34. The van der Waals surface area contributed by atoms with Gasteiger partial charge in [-0.05, 0) is 38.7 Å². The smallest absolute Gasteiger partial charge is 0.317 e. The number of hydrogen-bond acceptors (Lipinski definition) is 5. The minimum Gasteiger partial charge on any atom is -0.360 e. The van der Waals surface area contributed by atoms with Crippen molar-refractivity contribution < 1.29 is 9.59 Å². The molecule has 0 bridgehead atoms. The Bertz CT molecular complexity index is 550. The maximum Gasteiger partial charge on any atom is 0.317 e. The number of carbonyl (C=O) groups excluding carboxylic acids is 2. The Hall–Kier alpha value is -2.15. The topological polar surface area (TPSA) is 91.0 Å². The normalized spacial score (nSPS) is 25.9. The molecule has 2 amide bonds. The van der Waals surface area contributed by atoms with Crippen LogP contribution in [0.2, 0.25) is 0 Å². The number of nitrogens with one attached hydrogen (secondary N) is 1. The summed E-state index contributed by atoms with van der Waals surface area (Å²) >= 11 is 0. The second kappa shape index (κ2) is 10.8. The minimum absolute atomic E-state index is 0.0489. The van der Waals surface area contributed by atoms with Crippen molar-refractivity contribution in [2.45, 2.75) is 51.1 Å². The molecule has 2 saturated heterocycles. The van der Waals surface area contributed by atoms with Crippen LogP contribution in [0, 0.1) is 0 Å². The quantitative estimate of drug-likeness (QED) is 0.695. The Labute approximate surface area is 156 Å². The van der Waals surface area contributed by atoms with Crippen molar-refractivity contribution >= 4 is 18.2 Å². The molecule has 3 heterocycles. The van der Waals surface area contributed by atoms with Crippen LogP contribution in [-0.4, -0.2) is 66.2 Å². The van der Waals surface area contributed by atoms with Crippen molar-refractivity contribution in [1.82, 2.24) is 15.1 Å². The van der Waals surface area contributed by atoms with Gasteiger partial charge in [0.15, 0.2) is 0 Å². The number of hydrogen-bond donors (Lipinski definition) is 2. The van der Waals surface area contributed by atoms with E-state index in [9.17, 15) is 4.79 Å². The van der Waals surface area contributed by atoms with Crippen LogP contribution in [0.5, 0.6) is 0 Å². The molecule has 1 unspecified atom stereocenters. The summed E-state index contributed by atoms with van der Waals surface area (Å²) in [6, 6.07) is 0.454. The highest BCUT2D eigenvalue weighted by Crippen LogP contribution is 2.15. The number of amides is 2. The summed E-state index contributed by atoms with van der Waals surface area (Å²) < 4.78 is 0. The van der Waals surface area contributed by atoms with Gasteiger partial charge in [0.2, 0.25) is 0 Å². The summed E-state index contributed by atoms with van der Waals surface area (Å²) in [6.07, 6.45) is 13.7. The molecule has 3 N–H and O–H groups in total. The minimum atomic E-state index is 0.0489. The molecule has 3 aliphatic rings. The van der Waals surface area contributed by atoms with Gasteiger partial charge in [-0.2, -0.15) is 0 Å². The fourth-order valence-corrected chi connectivity index (χ4v) is 3.39. The SMILES string of the molecule is CC=O.NC1CCN(C(=O)NC2CCN(C3=N/C=C\C=C/CC3)CC2)C1. The van der Waals surface area contributed by atoms with E-state index in [0.29, 0.717) is 6.54 Å². The number of aliphatic imine (C=N–C) groups is 1. The molecule has 0 aromatic carbocycles. The van der Waals surface area contributed by atoms with E-state index in [-0.39, 0.29) is 18.1 Å². The van der Waals surface area contributed by atoms with Crippen molar-refractivity contribution in [3.8, 4) is 0 Å². The van der Waals surface area contributed by atoms with E-state index in [1.807, 2.05) is 23.3 Å². The van der Waals surface area contributed by atoms with E-state index in [1.54, 1.807) is 0 Å². The van der Waals surface area contributed by atoms with Crippen molar-refractivity contribution in [2.24, 2.45) is 10.7 Å². The zero-order valence-corrected chi connectivity index (χ0v) is 15.6. The summed E-state index contributed by atoms with van der Waals surface area (Å²) in [4.78, 5) is 29.8. The zero-order valence-electron chi connectivity index (χ0n) is 15.6. The molecular formula is C19H31N5O2. The second-order valence-corrected chi connectivity index (χ2v) is 6.79. The molecule has 26 heavy (non-hydrogen) atoms. The summed E-state index contributed by atoms with van der Waals surface area (Å²) in [5, 5.41) is 3.17. The van der Waals surface area contributed by atoms with Gasteiger partial charge < -0.3 is 25.6 Å². The lowest BCUT2D eigenvalue weighted by atomic mass is 10.0. The van der Waals surface area contributed by atoms with E-state index in [2.05, 4.69) is 21.3 Å². The van der Waals surface area contributed by atoms with E-state index < -0.39 is 0 Å². The van der Waals surface area contributed by atoms with Crippen LogP contribution in [0.25, 0.3) is 0 Å². The lowest BCUT2D eigenvalue weighted by molar-refractivity contribution is -0.106. The largest absolute Gasteiger partial charge is 0.360 e. The summed E-state index contributed by atoms with van der Waals surface area (Å²) in [6.45, 7) is 4.82. The van der Waals surface area contributed by atoms with E-state index >= 15 is 0 Å². The van der Waals surface area contributed by atoms with Crippen LogP contribution in [0.4, 0.5) is 4.79 Å².